The van der Waals surface area contributed by atoms with Gasteiger partial charge in [-0.15, -0.1) is 5.10 Å². The summed E-state index contributed by atoms with van der Waals surface area (Å²) < 4.78 is 0. The average molecular weight is 343 g/mol. The summed E-state index contributed by atoms with van der Waals surface area (Å²) in [6.07, 6.45) is 8.73. The molecule has 0 spiro atoms. The third-order valence-corrected chi connectivity index (χ3v) is 5.73. The highest BCUT2D eigenvalue weighted by atomic mass is 16.6. The van der Waals surface area contributed by atoms with Crippen LogP contribution in [0.5, 0.6) is 0 Å². The molecule has 8 heteroatoms. The Bertz CT molecular complexity index is 737. The molecule has 3 aliphatic heterocycles. The Hall–Kier alpha value is -2.35. The van der Waals surface area contributed by atoms with Gasteiger partial charge in [-0.25, -0.2) is 0 Å². The van der Waals surface area contributed by atoms with Crippen molar-refractivity contribution in [1.29, 1.82) is 0 Å². The van der Waals surface area contributed by atoms with E-state index in [0.717, 1.165) is 12.8 Å². The summed E-state index contributed by atoms with van der Waals surface area (Å²) in [4.78, 5) is 25.7. The molecule has 1 amide bonds. The van der Waals surface area contributed by atoms with Crippen LogP contribution in [-0.2, 0) is 4.79 Å². The van der Waals surface area contributed by atoms with Gasteiger partial charge in [-0.2, -0.15) is 5.10 Å². The molecule has 0 radical (unpaired) electrons. The maximum Gasteiger partial charge on any atom is 0.272 e. The molecule has 132 valence electrons. The van der Waals surface area contributed by atoms with Crippen molar-refractivity contribution < 1.29 is 9.72 Å². The number of allylic oxidation sites excluding steroid dienone is 2. The summed E-state index contributed by atoms with van der Waals surface area (Å²) in [5.74, 6) is -0.276. The van der Waals surface area contributed by atoms with Crippen LogP contribution in [0.1, 0.15) is 38.5 Å². The second-order valence-corrected chi connectivity index (χ2v) is 7.19. The largest absolute Gasteiger partial charge is 0.348 e. The molecule has 0 aromatic rings. The highest BCUT2D eigenvalue weighted by Crippen LogP contribution is 2.32. The Kier molecular flexibility index (Phi) is 3.99. The number of nitro groups is 1. The Balaban J connectivity index is 1.46. The Morgan fingerprint density at radius 2 is 2.04 bits per heavy atom. The van der Waals surface area contributed by atoms with E-state index in [2.05, 4.69) is 27.5 Å². The fraction of sp³-hybridized carbons (Fsp3) is 0.588. The molecule has 2 bridgehead atoms. The van der Waals surface area contributed by atoms with Crippen molar-refractivity contribution in [3.05, 3.63) is 33.5 Å². The highest BCUT2D eigenvalue weighted by molar-refractivity contribution is 6.53. The van der Waals surface area contributed by atoms with Gasteiger partial charge in [0.1, 0.15) is 0 Å². The number of nitrogens with one attached hydrogen (secondary N) is 1. The first kappa shape index (κ1) is 16.1. The lowest BCUT2D eigenvalue weighted by Crippen LogP contribution is -2.56. The van der Waals surface area contributed by atoms with Crippen molar-refractivity contribution in [2.45, 2.75) is 56.7 Å². The molecule has 3 heterocycles. The van der Waals surface area contributed by atoms with Crippen molar-refractivity contribution in [1.82, 2.24) is 10.2 Å². The summed E-state index contributed by atoms with van der Waals surface area (Å²) >= 11 is 0. The zero-order chi connectivity index (χ0) is 17.6. The normalized spacial score (nSPS) is 31.3. The first-order valence-electron chi connectivity index (χ1n) is 8.77. The third-order valence-electron chi connectivity index (χ3n) is 5.73. The van der Waals surface area contributed by atoms with Crippen LogP contribution in [0.2, 0.25) is 0 Å². The zero-order valence-electron chi connectivity index (χ0n) is 14.1. The third kappa shape index (κ3) is 2.90. The van der Waals surface area contributed by atoms with Crippen LogP contribution in [-0.4, -0.2) is 52.3 Å². The minimum absolute atomic E-state index is 0.00910. The Morgan fingerprint density at radius 3 is 2.72 bits per heavy atom. The van der Waals surface area contributed by atoms with E-state index in [0.29, 0.717) is 29.8 Å². The van der Waals surface area contributed by atoms with E-state index < -0.39 is 4.92 Å². The number of amides is 1. The van der Waals surface area contributed by atoms with Crippen LogP contribution in [0.3, 0.4) is 0 Å². The number of hydrogen-bond donors (Lipinski definition) is 1. The molecule has 25 heavy (non-hydrogen) atoms. The highest BCUT2D eigenvalue weighted by Gasteiger charge is 2.38. The molecule has 0 aromatic heterocycles. The van der Waals surface area contributed by atoms with Gasteiger partial charge >= 0.3 is 0 Å². The molecule has 8 nitrogen and oxygen atoms in total. The number of carbonyl (C=O) groups excluding carboxylic acids is 1. The molecule has 2 saturated heterocycles. The number of hydrogen-bond acceptors (Lipinski definition) is 6. The topological polar surface area (TPSA) is 100 Å². The van der Waals surface area contributed by atoms with Gasteiger partial charge in [0.05, 0.1) is 10.6 Å². The number of rotatable bonds is 3. The fourth-order valence-electron chi connectivity index (χ4n) is 4.35. The number of piperidine rings is 2. The van der Waals surface area contributed by atoms with Gasteiger partial charge in [-0.3, -0.25) is 14.9 Å². The molecule has 0 aromatic carbocycles. The zero-order valence-corrected chi connectivity index (χ0v) is 14.1. The molecule has 1 aliphatic carbocycles. The van der Waals surface area contributed by atoms with E-state index in [1.165, 1.54) is 31.4 Å². The van der Waals surface area contributed by atoms with Gasteiger partial charge in [-0.05, 0) is 38.8 Å². The minimum Gasteiger partial charge on any atom is -0.348 e. The van der Waals surface area contributed by atoms with Crippen LogP contribution >= 0.6 is 0 Å². The van der Waals surface area contributed by atoms with E-state index in [9.17, 15) is 14.9 Å². The lowest BCUT2D eigenvalue weighted by molar-refractivity contribution is -0.419. The van der Waals surface area contributed by atoms with E-state index in [1.807, 2.05) is 0 Å². The predicted octanol–water partition coefficient (Wildman–Crippen LogP) is 1.42. The van der Waals surface area contributed by atoms with Gasteiger partial charge in [0.2, 0.25) is 0 Å². The predicted molar refractivity (Wildman–Crippen MR) is 93.0 cm³/mol. The summed E-state index contributed by atoms with van der Waals surface area (Å²) in [5, 5.41) is 22.1. The van der Waals surface area contributed by atoms with Crippen molar-refractivity contribution >= 4 is 17.3 Å². The van der Waals surface area contributed by atoms with Crippen LogP contribution in [0.4, 0.5) is 0 Å². The molecule has 2 atom stereocenters. The van der Waals surface area contributed by atoms with Crippen molar-refractivity contribution in [2.24, 2.45) is 10.2 Å². The molecule has 2 fully saturated rings. The summed E-state index contributed by atoms with van der Waals surface area (Å²) in [6, 6.07) is 1.17. The SMILES string of the molecule is CN1C2CCCC1CC(NC(=O)C1=NN=C3CC=C([N+](=O)[O-])C=C31)C2. The van der Waals surface area contributed by atoms with Crippen molar-refractivity contribution in [3.8, 4) is 0 Å². The van der Waals surface area contributed by atoms with Crippen LogP contribution in [0, 0.1) is 10.1 Å². The van der Waals surface area contributed by atoms with Crippen LogP contribution in [0.25, 0.3) is 0 Å². The summed E-state index contributed by atoms with van der Waals surface area (Å²) in [7, 11) is 2.17. The number of carbonyl (C=O) groups is 1. The standard InChI is InChI=1S/C17H21N5O3/c1-21-11-3-2-4-12(21)8-10(7-11)18-17(23)16-14-9-13(22(24)25)5-6-15(14)19-20-16/h5,9-12H,2-4,6-8H2,1H3,(H,18,23). The van der Waals surface area contributed by atoms with Crippen LogP contribution < -0.4 is 5.32 Å². The van der Waals surface area contributed by atoms with Gasteiger partial charge in [0.25, 0.3) is 11.6 Å². The second kappa shape index (κ2) is 6.18. The van der Waals surface area contributed by atoms with Gasteiger partial charge in [0, 0.05) is 36.2 Å². The summed E-state index contributed by atoms with van der Waals surface area (Å²) in [5.41, 5.74) is 1.30. The molecular formula is C17H21N5O3. The smallest absolute Gasteiger partial charge is 0.272 e. The Labute approximate surface area is 145 Å². The second-order valence-electron chi connectivity index (χ2n) is 7.19. The summed E-state index contributed by atoms with van der Waals surface area (Å²) in [6.45, 7) is 0. The van der Waals surface area contributed by atoms with Gasteiger partial charge < -0.3 is 10.2 Å². The molecule has 0 saturated carbocycles. The lowest BCUT2D eigenvalue weighted by atomic mass is 9.82. The molecule has 4 aliphatic rings. The molecule has 4 rings (SSSR count). The van der Waals surface area contributed by atoms with Gasteiger partial charge in [-0.1, -0.05) is 6.42 Å². The lowest BCUT2D eigenvalue weighted by Gasteiger charge is -2.47. The maximum atomic E-state index is 12.7. The van der Waals surface area contributed by atoms with E-state index in [4.69, 9.17) is 0 Å². The molecular weight excluding hydrogens is 322 g/mol. The minimum atomic E-state index is -0.449. The number of nitrogens with zero attached hydrogens (tertiary/aromatic N) is 4. The molecule has 2 unspecified atom stereocenters. The quantitative estimate of drug-likeness (QED) is 0.618. The van der Waals surface area contributed by atoms with E-state index >= 15 is 0 Å². The van der Waals surface area contributed by atoms with Gasteiger partial charge in [0.15, 0.2) is 5.71 Å². The average Bonchev–Trinajstić information content (AvgIpc) is 2.99. The van der Waals surface area contributed by atoms with E-state index in [-0.39, 0.29) is 23.4 Å². The first-order valence-corrected chi connectivity index (χ1v) is 8.77. The molecule has 1 N–H and O–H groups in total. The number of fused-ring (bicyclic) bond motifs is 3. The van der Waals surface area contributed by atoms with Crippen molar-refractivity contribution in [2.75, 3.05) is 7.05 Å². The monoisotopic (exact) mass is 343 g/mol. The van der Waals surface area contributed by atoms with Crippen molar-refractivity contribution in [3.63, 3.8) is 0 Å². The fourth-order valence-corrected chi connectivity index (χ4v) is 4.35. The van der Waals surface area contributed by atoms with E-state index in [1.54, 1.807) is 0 Å². The first-order chi connectivity index (χ1) is 12.0. The Morgan fingerprint density at radius 1 is 1.32 bits per heavy atom. The van der Waals surface area contributed by atoms with Crippen LogP contribution in [0.15, 0.2) is 33.6 Å². The maximum absolute atomic E-state index is 12.7.